The molecule has 0 saturated carbocycles. The molecular formula is C20H22FN4OS+. The van der Waals surface area contributed by atoms with Gasteiger partial charge in [-0.3, -0.25) is 0 Å². The highest BCUT2D eigenvalue weighted by molar-refractivity contribution is 7.71. The van der Waals surface area contributed by atoms with Gasteiger partial charge in [0.15, 0.2) is 6.67 Å². The number of nitrogens with zero attached hydrogens (tertiary/aromatic N) is 3. The molecule has 1 aliphatic rings. The molecule has 1 aromatic heterocycles. The van der Waals surface area contributed by atoms with Crippen LogP contribution in [-0.2, 0) is 6.67 Å². The summed E-state index contributed by atoms with van der Waals surface area (Å²) in [5.74, 6) is 0.371. The Bertz CT molecular complexity index is 974. The molecule has 1 saturated heterocycles. The third-order valence-corrected chi connectivity index (χ3v) is 5.31. The van der Waals surface area contributed by atoms with Crippen LogP contribution in [0, 0.1) is 17.6 Å². The molecule has 1 aliphatic heterocycles. The summed E-state index contributed by atoms with van der Waals surface area (Å²) in [5.41, 5.74) is 3.15. The third-order valence-electron chi connectivity index (χ3n) is 5.02. The summed E-state index contributed by atoms with van der Waals surface area (Å²) < 4.78 is 20.6. The minimum absolute atomic E-state index is 0.201. The van der Waals surface area contributed by atoms with Gasteiger partial charge < -0.3 is 14.2 Å². The number of piperazine rings is 1. The van der Waals surface area contributed by atoms with Crippen molar-refractivity contribution in [3.8, 4) is 11.5 Å². The fraction of sp³-hybridized carbons (Fsp3) is 0.300. The van der Waals surface area contributed by atoms with Gasteiger partial charge >= 0.3 is 0 Å². The monoisotopic (exact) mass is 385 g/mol. The molecule has 140 valence electrons. The van der Waals surface area contributed by atoms with Crippen molar-refractivity contribution < 1.29 is 13.7 Å². The second kappa shape index (κ2) is 7.62. The molecule has 0 radical (unpaired) electrons. The largest absolute Gasteiger partial charge is 0.409 e. The van der Waals surface area contributed by atoms with Crippen LogP contribution in [0.15, 0.2) is 52.9 Å². The first-order valence-electron chi connectivity index (χ1n) is 9.08. The van der Waals surface area contributed by atoms with E-state index in [1.54, 1.807) is 4.68 Å². The zero-order valence-corrected chi connectivity index (χ0v) is 16.0. The number of nitrogens with one attached hydrogen (secondary N) is 1. The number of aryl methyl sites for hydroxylation is 1. The average molecular weight is 385 g/mol. The molecule has 2 heterocycles. The molecule has 0 atom stereocenters. The average Bonchev–Trinajstić information content (AvgIpc) is 3.04. The van der Waals surface area contributed by atoms with Gasteiger partial charge in [0, 0.05) is 11.3 Å². The van der Waals surface area contributed by atoms with Crippen LogP contribution in [0.5, 0.6) is 0 Å². The number of halogens is 1. The van der Waals surface area contributed by atoms with Crippen molar-refractivity contribution >= 4 is 17.9 Å². The van der Waals surface area contributed by atoms with E-state index < -0.39 is 0 Å². The third kappa shape index (κ3) is 3.94. The van der Waals surface area contributed by atoms with Crippen molar-refractivity contribution in [3.63, 3.8) is 0 Å². The van der Waals surface area contributed by atoms with Crippen LogP contribution in [0.25, 0.3) is 11.5 Å². The standard InChI is InChI=1S/C20H21FN4OS/c1-15-4-2-3-5-18(15)19-22-25(20(27)26-19)14-23-10-12-24(13-11-23)17-8-6-16(21)7-9-17/h2-9H,10-14H2,1H3/p+1. The lowest BCUT2D eigenvalue weighted by Crippen LogP contribution is -3.14. The van der Waals surface area contributed by atoms with Crippen LogP contribution in [0.3, 0.4) is 0 Å². The topological polar surface area (TPSA) is 38.6 Å². The van der Waals surface area contributed by atoms with Crippen LogP contribution in [0.2, 0.25) is 0 Å². The first-order valence-corrected chi connectivity index (χ1v) is 9.49. The highest BCUT2D eigenvalue weighted by Gasteiger charge is 2.22. The highest BCUT2D eigenvalue weighted by Crippen LogP contribution is 2.21. The minimum atomic E-state index is -0.201. The molecule has 5 nitrogen and oxygen atoms in total. The second-order valence-corrected chi connectivity index (χ2v) is 7.21. The van der Waals surface area contributed by atoms with Crippen molar-refractivity contribution in [3.05, 3.63) is 64.7 Å². The summed E-state index contributed by atoms with van der Waals surface area (Å²) in [6.07, 6.45) is 0. The molecule has 4 rings (SSSR count). The molecule has 0 spiro atoms. The summed E-state index contributed by atoms with van der Waals surface area (Å²) >= 11 is 5.37. The van der Waals surface area contributed by atoms with Crippen molar-refractivity contribution in [1.82, 2.24) is 9.78 Å². The number of anilines is 1. The Hall–Kier alpha value is -2.51. The zero-order valence-electron chi connectivity index (χ0n) is 15.2. The molecule has 0 amide bonds. The van der Waals surface area contributed by atoms with Gasteiger partial charge in [0.05, 0.1) is 26.2 Å². The van der Waals surface area contributed by atoms with Gasteiger partial charge in [-0.15, -0.1) is 5.10 Å². The number of quaternary nitrogens is 1. The van der Waals surface area contributed by atoms with Crippen LogP contribution >= 0.6 is 12.2 Å². The molecule has 7 heteroatoms. The maximum absolute atomic E-state index is 13.1. The predicted molar refractivity (Wildman–Crippen MR) is 105 cm³/mol. The van der Waals surface area contributed by atoms with Crippen LogP contribution in [0.4, 0.5) is 10.1 Å². The van der Waals surface area contributed by atoms with Crippen molar-refractivity contribution in [2.75, 3.05) is 31.1 Å². The first-order chi connectivity index (χ1) is 13.1. The van der Waals surface area contributed by atoms with Gasteiger partial charge in [0.25, 0.3) is 4.84 Å². The Labute approximate surface area is 162 Å². The van der Waals surface area contributed by atoms with Crippen molar-refractivity contribution in [2.45, 2.75) is 13.6 Å². The van der Waals surface area contributed by atoms with E-state index in [0.717, 1.165) is 43.0 Å². The van der Waals surface area contributed by atoms with E-state index in [4.69, 9.17) is 16.6 Å². The van der Waals surface area contributed by atoms with Crippen LogP contribution in [0.1, 0.15) is 5.56 Å². The van der Waals surface area contributed by atoms with E-state index in [-0.39, 0.29) is 5.82 Å². The number of benzene rings is 2. The van der Waals surface area contributed by atoms with E-state index >= 15 is 0 Å². The van der Waals surface area contributed by atoms with E-state index in [2.05, 4.69) is 10.00 Å². The SMILES string of the molecule is Cc1ccccc1-c1nn(C[NH+]2CCN(c3ccc(F)cc3)CC2)c(=S)o1. The fourth-order valence-electron chi connectivity index (χ4n) is 3.43. The number of hydrogen-bond acceptors (Lipinski definition) is 4. The Balaban J connectivity index is 1.42. The van der Waals surface area contributed by atoms with Crippen LogP contribution in [-0.4, -0.2) is 36.0 Å². The molecular weight excluding hydrogens is 363 g/mol. The smallest absolute Gasteiger partial charge is 0.292 e. The normalized spacial score (nSPS) is 15.3. The summed E-state index contributed by atoms with van der Waals surface area (Å²) in [7, 11) is 0. The molecule has 27 heavy (non-hydrogen) atoms. The Morgan fingerprint density at radius 1 is 1.11 bits per heavy atom. The quantitative estimate of drug-likeness (QED) is 0.701. The van der Waals surface area contributed by atoms with Gasteiger partial charge in [0.2, 0.25) is 5.89 Å². The minimum Gasteiger partial charge on any atom is -0.409 e. The summed E-state index contributed by atoms with van der Waals surface area (Å²) in [6, 6.07) is 14.7. The first kappa shape index (κ1) is 17.9. The number of rotatable bonds is 4. The predicted octanol–water partition coefficient (Wildman–Crippen LogP) is 2.68. The zero-order chi connectivity index (χ0) is 18.8. The van der Waals surface area contributed by atoms with E-state index in [1.165, 1.54) is 17.0 Å². The van der Waals surface area contributed by atoms with E-state index in [0.29, 0.717) is 17.4 Å². The van der Waals surface area contributed by atoms with Gasteiger partial charge in [-0.25, -0.2) is 4.39 Å². The summed E-state index contributed by atoms with van der Waals surface area (Å²) in [5, 5.41) is 4.59. The molecule has 1 fully saturated rings. The fourth-order valence-corrected chi connectivity index (χ4v) is 3.62. The van der Waals surface area contributed by atoms with Gasteiger partial charge in [-0.1, -0.05) is 18.2 Å². The van der Waals surface area contributed by atoms with E-state index in [9.17, 15) is 4.39 Å². The molecule has 0 aliphatic carbocycles. The molecule has 2 aromatic carbocycles. The Morgan fingerprint density at radius 3 is 2.52 bits per heavy atom. The van der Waals surface area contributed by atoms with Gasteiger partial charge in [0.1, 0.15) is 5.82 Å². The molecule has 1 N–H and O–H groups in total. The Kier molecular flexibility index (Phi) is 5.05. The lowest BCUT2D eigenvalue weighted by molar-refractivity contribution is -0.924. The second-order valence-electron chi connectivity index (χ2n) is 6.86. The maximum atomic E-state index is 13.1. The van der Waals surface area contributed by atoms with Gasteiger partial charge in [-0.2, -0.15) is 4.68 Å². The van der Waals surface area contributed by atoms with Crippen molar-refractivity contribution in [1.29, 1.82) is 0 Å². The number of aromatic nitrogens is 2. The molecule has 3 aromatic rings. The van der Waals surface area contributed by atoms with Crippen LogP contribution < -0.4 is 9.80 Å². The summed E-state index contributed by atoms with van der Waals surface area (Å²) in [6.45, 7) is 6.48. The lowest BCUT2D eigenvalue weighted by atomic mass is 10.1. The van der Waals surface area contributed by atoms with Gasteiger partial charge in [-0.05, 0) is 55.0 Å². The maximum Gasteiger partial charge on any atom is 0.292 e. The molecule has 0 unspecified atom stereocenters. The highest BCUT2D eigenvalue weighted by atomic mass is 32.1. The van der Waals surface area contributed by atoms with E-state index in [1.807, 2.05) is 43.3 Å². The Morgan fingerprint density at radius 2 is 1.81 bits per heavy atom. The molecule has 0 bridgehead atoms. The lowest BCUT2D eigenvalue weighted by Gasteiger charge is -2.33. The summed E-state index contributed by atoms with van der Waals surface area (Å²) in [4.78, 5) is 4.08. The van der Waals surface area contributed by atoms with Crippen molar-refractivity contribution in [2.24, 2.45) is 0 Å². The number of hydrogen-bond donors (Lipinski definition) is 1.